The van der Waals surface area contributed by atoms with Gasteiger partial charge in [0.1, 0.15) is 0 Å². The topological polar surface area (TPSA) is 24.5 Å². The van der Waals surface area contributed by atoms with E-state index in [1.807, 2.05) is 0 Å². The Labute approximate surface area is 122 Å². The Hall–Kier alpha value is -1.06. The van der Waals surface area contributed by atoms with E-state index in [-0.39, 0.29) is 6.10 Å². The molecule has 0 bridgehead atoms. The summed E-state index contributed by atoms with van der Waals surface area (Å²) in [5.74, 6) is 0. The lowest BCUT2D eigenvalue weighted by atomic mass is 9.94. The van der Waals surface area contributed by atoms with Crippen LogP contribution in [0.15, 0.2) is 24.3 Å². The molecule has 3 heteroatoms. The lowest BCUT2D eigenvalue weighted by molar-refractivity contribution is 0.0277. The van der Waals surface area contributed by atoms with E-state index < -0.39 is 0 Å². The van der Waals surface area contributed by atoms with Crippen molar-refractivity contribution in [3.05, 3.63) is 29.8 Å². The van der Waals surface area contributed by atoms with E-state index in [9.17, 15) is 0 Å². The van der Waals surface area contributed by atoms with Gasteiger partial charge in [-0.3, -0.25) is 0 Å². The number of morpholine rings is 1. The van der Waals surface area contributed by atoms with Crippen molar-refractivity contribution in [1.29, 1.82) is 0 Å². The average molecular weight is 274 g/mol. The molecule has 1 aromatic carbocycles. The minimum absolute atomic E-state index is 0.220. The lowest BCUT2D eigenvalue weighted by Crippen LogP contribution is -2.34. The van der Waals surface area contributed by atoms with Crippen molar-refractivity contribution in [2.75, 3.05) is 31.6 Å². The number of hydrogen-bond acceptors (Lipinski definition) is 3. The molecule has 110 valence electrons. The van der Waals surface area contributed by atoms with Gasteiger partial charge in [-0.2, -0.15) is 0 Å². The predicted molar refractivity (Wildman–Crippen MR) is 83.3 cm³/mol. The van der Waals surface area contributed by atoms with Gasteiger partial charge >= 0.3 is 0 Å². The van der Waals surface area contributed by atoms with E-state index in [1.165, 1.54) is 43.4 Å². The number of anilines is 1. The van der Waals surface area contributed by atoms with Crippen molar-refractivity contribution in [2.24, 2.45) is 0 Å². The van der Waals surface area contributed by atoms with Crippen molar-refractivity contribution < 1.29 is 4.74 Å². The molecule has 1 aliphatic carbocycles. The summed E-state index contributed by atoms with van der Waals surface area (Å²) < 4.78 is 5.80. The number of nitrogens with zero attached hydrogens (tertiary/aromatic N) is 1. The first-order chi connectivity index (χ1) is 9.84. The minimum Gasteiger partial charge on any atom is -0.372 e. The second-order valence-corrected chi connectivity index (χ2v) is 6.06. The van der Waals surface area contributed by atoms with E-state index in [0.29, 0.717) is 0 Å². The highest BCUT2D eigenvalue weighted by atomic mass is 16.5. The Bertz CT molecular complexity index is 406. The molecule has 1 saturated heterocycles. The minimum atomic E-state index is 0.220. The molecule has 0 spiro atoms. The molecule has 3 rings (SSSR count). The lowest BCUT2D eigenvalue weighted by Gasteiger charge is -2.33. The van der Waals surface area contributed by atoms with Gasteiger partial charge in [-0.1, -0.05) is 31.4 Å². The fourth-order valence-corrected chi connectivity index (χ4v) is 3.38. The maximum Gasteiger partial charge on any atom is 0.0949 e. The third-order valence-corrected chi connectivity index (χ3v) is 4.72. The van der Waals surface area contributed by atoms with Crippen LogP contribution in [0.5, 0.6) is 0 Å². The molecule has 0 unspecified atom stereocenters. The molecule has 20 heavy (non-hydrogen) atoms. The van der Waals surface area contributed by atoms with E-state index in [1.54, 1.807) is 0 Å². The fraction of sp³-hybridized carbons (Fsp3) is 0.647. The summed E-state index contributed by atoms with van der Waals surface area (Å²) in [7, 11) is 2.24. The molecular weight excluding hydrogens is 248 g/mol. The summed E-state index contributed by atoms with van der Waals surface area (Å²) in [6, 6.07) is 9.69. The third-order valence-electron chi connectivity index (χ3n) is 4.72. The summed E-state index contributed by atoms with van der Waals surface area (Å²) in [6.07, 6.45) is 7.08. The van der Waals surface area contributed by atoms with Crippen LogP contribution in [0.2, 0.25) is 0 Å². The molecule has 0 radical (unpaired) electrons. The van der Waals surface area contributed by atoms with Crippen LogP contribution in [-0.4, -0.2) is 32.8 Å². The van der Waals surface area contributed by atoms with Crippen LogP contribution in [-0.2, 0) is 4.74 Å². The number of benzene rings is 1. The molecule has 1 aliphatic heterocycles. The Morgan fingerprint density at radius 3 is 2.50 bits per heavy atom. The molecule has 2 aliphatic rings. The van der Waals surface area contributed by atoms with Crippen LogP contribution in [0, 0.1) is 0 Å². The van der Waals surface area contributed by atoms with Gasteiger partial charge in [-0.05, 0) is 30.5 Å². The molecule has 3 nitrogen and oxygen atoms in total. The van der Waals surface area contributed by atoms with Gasteiger partial charge in [0.2, 0.25) is 0 Å². The molecule has 2 fully saturated rings. The zero-order valence-electron chi connectivity index (χ0n) is 12.5. The molecule has 0 aromatic heterocycles. The Balaban J connectivity index is 1.65. The number of ether oxygens (including phenoxy) is 1. The smallest absolute Gasteiger partial charge is 0.0949 e. The van der Waals surface area contributed by atoms with E-state index in [2.05, 4.69) is 41.5 Å². The molecule has 1 saturated carbocycles. The zero-order valence-corrected chi connectivity index (χ0v) is 12.5. The van der Waals surface area contributed by atoms with Gasteiger partial charge in [-0.15, -0.1) is 0 Å². The van der Waals surface area contributed by atoms with Gasteiger partial charge < -0.3 is 15.0 Å². The SMILES string of the molecule is CN(c1ccc([C@H]2CNCCO2)cc1)C1CCCCC1. The van der Waals surface area contributed by atoms with Crippen molar-refractivity contribution in [2.45, 2.75) is 44.2 Å². The van der Waals surface area contributed by atoms with E-state index in [0.717, 1.165) is 25.7 Å². The number of nitrogens with one attached hydrogen (secondary N) is 1. The Morgan fingerprint density at radius 1 is 1.10 bits per heavy atom. The standard InChI is InChI=1S/C17H26N2O/c1-19(15-5-3-2-4-6-15)16-9-7-14(8-10-16)17-13-18-11-12-20-17/h7-10,15,17-18H,2-6,11-13H2,1H3/t17-/m1/s1. The summed E-state index contributed by atoms with van der Waals surface area (Å²) in [5.41, 5.74) is 2.63. The van der Waals surface area contributed by atoms with Gasteiger partial charge in [0, 0.05) is 31.9 Å². The maximum atomic E-state index is 5.80. The largest absolute Gasteiger partial charge is 0.372 e. The second-order valence-electron chi connectivity index (χ2n) is 6.06. The summed E-state index contributed by atoms with van der Waals surface area (Å²) in [4.78, 5) is 2.46. The van der Waals surface area contributed by atoms with Crippen LogP contribution < -0.4 is 10.2 Å². The quantitative estimate of drug-likeness (QED) is 0.916. The van der Waals surface area contributed by atoms with Crippen molar-refractivity contribution in [3.8, 4) is 0 Å². The van der Waals surface area contributed by atoms with Gasteiger partial charge in [0.05, 0.1) is 12.7 Å². The van der Waals surface area contributed by atoms with E-state index >= 15 is 0 Å². The number of hydrogen-bond donors (Lipinski definition) is 1. The van der Waals surface area contributed by atoms with Crippen LogP contribution >= 0.6 is 0 Å². The van der Waals surface area contributed by atoms with Crippen LogP contribution in [0.3, 0.4) is 0 Å². The molecule has 0 amide bonds. The van der Waals surface area contributed by atoms with Crippen molar-refractivity contribution in [3.63, 3.8) is 0 Å². The van der Waals surface area contributed by atoms with Crippen molar-refractivity contribution >= 4 is 5.69 Å². The van der Waals surface area contributed by atoms with Crippen LogP contribution in [0.4, 0.5) is 5.69 Å². The summed E-state index contributed by atoms with van der Waals surface area (Å²) in [5, 5.41) is 3.39. The predicted octanol–water partition coefficient (Wildman–Crippen LogP) is 3.12. The number of rotatable bonds is 3. The Kier molecular flexibility index (Phi) is 4.58. The zero-order chi connectivity index (χ0) is 13.8. The third kappa shape index (κ3) is 3.15. The summed E-state index contributed by atoms with van der Waals surface area (Å²) in [6.45, 7) is 2.71. The van der Waals surface area contributed by atoms with Gasteiger partial charge in [0.25, 0.3) is 0 Å². The Morgan fingerprint density at radius 2 is 1.85 bits per heavy atom. The van der Waals surface area contributed by atoms with E-state index in [4.69, 9.17) is 4.74 Å². The second kappa shape index (κ2) is 6.59. The highest BCUT2D eigenvalue weighted by Crippen LogP contribution is 2.27. The van der Waals surface area contributed by atoms with Crippen LogP contribution in [0.1, 0.15) is 43.8 Å². The monoisotopic (exact) mass is 274 g/mol. The molecule has 1 atom stereocenters. The first-order valence-corrected chi connectivity index (χ1v) is 8.00. The summed E-state index contributed by atoms with van der Waals surface area (Å²) >= 11 is 0. The maximum absolute atomic E-state index is 5.80. The molecule has 1 heterocycles. The molecule has 1 aromatic rings. The van der Waals surface area contributed by atoms with Crippen molar-refractivity contribution in [1.82, 2.24) is 5.32 Å². The highest BCUT2D eigenvalue weighted by Gasteiger charge is 2.19. The average Bonchev–Trinajstić information content (AvgIpc) is 2.56. The molecule has 1 N–H and O–H groups in total. The van der Waals surface area contributed by atoms with Gasteiger partial charge in [0.15, 0.2) is 0 Å². The first kappa shape index (κ1) is 13.9. The fourth-order valence-electron chi connectivity index (χ4n) is 3.38. The highest BCUT2D eigenvalue weighted by molar-refractivity contribution is 5.48. The van der Waals surface area contributed by atoms with Gasteiger partial charge in [-0.25, -0.2) is 0 Å². The molecular formula is C17H26N2O. The van der Waals surface area contributed by atoms with Crippen LogP contribution in [0.25, 0.3) is 0 Å². The normalized spacial score (nSPS) is 24.6. The first-order valence-electron chi connectivity index (χ1n) is 8.00.